The molecule has 0 aliphatic carbocycles. The summed E-state index contributed by atoms with van der Waals surface area (Å²) in [6, 6.07) is -1.03. The van der Waals surface area contributed by atoms with Gasteiger partial charge in [0.05, 0.1) is 0 Å². The third-order valence-electron chi connectivity index (χ3n) is 4.14. The van der Waals surface area contributed by atoms with Gasteiger partial charge in [-0.05, 0) is 6.08 Å². The number of thioether (sulfide) groups is 1. The molecule has 32 heavy (non-hydrogen) atoms. The maximum absolute atomic E-state index is 12.7. The van der Waals surface area contributed by atoms with E-state index < -0.39 is 41.2 Å². The number of aromatic nitrogens is 1. The number of nitrogens with one attached hydrogen (secondary N) is 1. The lowest BCUT2D eigenvalue weighted by molar-refractivity contribution is -0.148. The van der Waals surface area contributed by atoms with Crippen molar-refractivity contribution in [2.45, 2.75) is 11.4 Å². The Balaban J connectivity index is 1.75. The zero-order chi connectivity index (χ0) is 23.4. The van der Waals surface area contributed by atoms with Crippen LogP contribution >= 0.6 is 23.1 Å². The third kappa shape index (κ3) is 4.75. The van der Waals surface area contributed by atoms with Crippen LogP contribution in [0.25, 0.3) is 0 Å². The molecule has 14 nitrogen and oxygen atoms in total. The van der Waals surface area contributed by atoms with E-state index in [1.807, 2.05) is 0 Å². The van der Waals surface area contributed by atoms with Crippen molar-refractivity contribution >= 4 is 58.0 Å². The molecule has 0 bridgehead atoms. The largest absolute Gasteiger partial charge is 0.512 e. The molecular formula is C16H16N6O8S2. The molecule has 1 fully saturated rings. The molecule has 7 N–H and O–H groups in total. The van der Waals surface area contributed by atoms with E-state index in [-0.39, 0.29) is 29.1 Å². The Labute approximate surface area is 187 Å². The molecule has 2 aliphatic heterocycles. The number of oxime groups is 1. The molecule has 3 amide bonds. The third-order valence-corrected chi connectivity index (χ3v) is 6.11. The van der Waals surface area contributed by atoms with Gasteiger partial charge in [0, 0.05) is 16.7 Å². The molecule has 2 aliphatic rings. The maximum Gasteiger partial charge on any atom is 0.512 e. The number of nitrogen functional groups attached to an aromatic ring is 1. The monoisotopic (exact) mass is 484 g/mol. The number of ether oxygens (including phenoxy) is 2. The first-order chi connectivity index (χ1) is 15.2. The second-order valence-electron chi connectivity index (χ2n) is 6.11. The van der Waals surface area contributed by atoms with Crippen LogP contribution in [-0.4, -0.2) is 73.7 Å². The Hall–Kier alpha value is -3.79. The molecule has 1 aromatic rings. The second kappa shape index (κ2) is 9.56. The summed E-state index contributed by atoms with van der Waals surface area (Å²) in [7, 11) is 0. The molecule has 1 saturated heterocycles. The number of thiazole rings is 1. The van der Waals surface area contributed by atoms with E-state index in [9.17, 15) is 24.4 Å². The fourth-order valence-corrected chi connectivity index (χ4v) is 4.67. The van der Waals surface area contributed by atoms with Crippen LogP contribution < -0.4 is 16.8 Å². The first-order valence-corrected chi connectivity index (χ1v) is 10.6. The molecule has 0 radical (unpaired) electrons. The average Bonchev–Trinajstić information content (AvgIpc) is 3.15. The van der Waals surface area contributed by atoms with Crippen molar-refractivity contribution in [3.8, 4) is 0 Å². The summed E-state index contributed by atoms with van der Waals surface area (Å²) < 4.78 is 9.34. The van der Waals surface area contributed by atoms with E-state index in [2.05, 4.69) is 20.2 Å². The molecule has 0 spiro atoms. The smallest absolute Gasteiger partial charge is 0.449 e. The molecule has 1 unspecified atom stereocenters. The normalized spacial score (nSPS) is 20.6. The van der Waals surface area contributed by atoms with E-state index >= 15 is 0 Å². The molecule has 3 heterocycles. The van der Waals surface area contributed by atoms with Crippen LogP contribution in [-0.2, 0) is 19.1 Å². The van der Waals surface area contributed by atoms with Crippen LogP contribution in [0.1, 0.15) is 5.69 Å². The van der Waals surface area contributed by atoms with Crippen molar-refractivity contribution in [3.63, 3.8) is 0 Å². The summed E-state index contributed by atoms with van der Waals surface area (Å²) in [5.74, 6) is -1.51. The van der Waals surface area contributed by atoms with Gasteiger partial charge in [-0.2, -0.15) is 0 Å². The molecule has 16 heteroatoms. The molecule has 3 rings (SSSR count). The Kier molecular flexibility index (Phi) is 6.84. The van der Waals surface area contributed by atoms with Gasteiger partial charge in [0.2, 0.25) is 5.88 Å². The lowest BCUT2D eigenvalue weighted by Crippen LogP contribution is -2.70. The second-order valence-corrected chi connectivity index (χ2v) is 8.11. The van der Waals surface area contributed by atoms with E-state index in [4.69, 9.17) is 21.3 Å². The van der Waals surface area contributed by atoms with Gasteiger partial charge in [-0.25, -0.2) is 14.6 Å². The Morgan fingerprint density at radius 3 is 2.78 bits per heavy atom. The highest BCUT2D eigenvalue weighted by molar-refractivity contribution is 8.00. The number of hydrogen-bond donors (Lipinski definition) is 5. The standard InChI is InChI=1S/C16H16N6O8S2/c17-14-19-7(5-32-14)8(21-28)10(23)20-9-11(24)22-12(30-16(26)27)6(4-31-13(9)22)2-1-3-29-15(18)25/h1-2,5,9,13,28H,3-4H2,(H2,17,19)(H2,18,25)(H,20,23)(H,26,27)/b2-1-,21-8-/t9?,13-/m0/s1. The molecule has 1 aromatic heterocycles. The number of primary amides is 1. The SMILES string of the molecule is NC(=O)OC/C=C\C1=C(OC(=O)O)N2C(=O)C(NC(=O)/C(=N\O)c3csc(N)n3)[C@@H]2SC1. The van der Waals surface area contributed by atoms with Crippen LogP contribution in [0.2, 0.25) is 0 Å². The fraction of sp³-hybridized carbons (Fsp3) is 0.250. The lowest BCUT2D eigenvalue weighted by Gasteiger charge is -2.48. The maximum atomic E-state index is 12.7. The van der Waals surface area contributed by atoms with Gasteiger partial charge in [0.25, 0.3) is 11.8 Å². The van der Waals surface area contributed by atoms with Gasteiger partial charge in [-0.15, -0.1) is 23.1 Å². The van der Waals surface area contributed by atoms with Crippen LogP contribution in [0.5, 0.6) is 0 Å². The lowest BCUT2D eigenvalue weighted by atomic mass is 10.1. The molecular weight excluding hydrogens is 468 g/mol. The molecule has 0 saturated carbocycles. The van der Waals surface area contributed by atoms with Gasteiger partial charge in [-0.1, -0.05) is 11.2 Å². The number of anilines is 1. The number of carbonyl (C=O) groups is 4. The van der Waals surface area contributed by atoms with Gasteiger partial charge in [0.15, 0.2) is 10.8 Å². The van der Waals surface area contributed by atoms with Crippen LogP contribution in [0.3, 0.4) is 0 Å². The van der Waals surface area contributed by atoms with Crippen LogP contribution in [0.4, 0.5) is 14.7 Å². The van der Waals surface area contributed by atoms with Crippen LogP contribution in [0, 0.1) is 0 Å². The Morgan fingerprint density at radius 1 is 1.44 bits per heavy atom. The van der Waals surface area contributed by atoms with E-state index in [1.54, 1.807) is 0 Å². The van der Waals surface area contributed by atoms with Gasteiger partial charge >= 0.3 is 12.2 Å². The minimum Gasteiger partial charge on any atom is -0.449 e. The summed E-state index contributed by atoms with van der Waals surface area (Å²) in [5.41, 5.74) is 10.3. The van der Waals surface area contributed by atoms with Crippen molar-refractivity contribution in [1.82, 2.24) is 15.2 Å². The number of amides is 3. The predicted molar refractivity (Wildman–Crippen MR) is 111 cm³/mol. The highest BCUT2D eigenvalue weighted by Crippen LogP contribution is 2.41. The van der Waals surface area contributed by atoms with Gasteiger partial charge in [-0.3, -0.25) is 14.5 Å². The highest BCUT2D eigenvalue weighted by Gasteiger charge is 2.54. The number of β-lactam (4-membered cyclic amide) rings is 1. The minimum atomic E-state index is -1.64. The van der Waals surface area contributed by atoms with Crippen LogP contribution in [0.15, 0.2) is 34.1 Å². The van der Waals surface area contributed by atoms with Crippen molar-refractivity contribution in [2.24, 2.45) is 10.9 Å². The molecule has 170 valence electrons. The predicted octanol–water partition coefficient (Wildman–Crippen LogP) is -0.139. The molecule has 2 atom stereocenters. The van der Waals surface area contributed by atoms with Crippen molar-refractivity contribution in [3.05, 3.63) is 34.7 Å². The topological polar surface area (TPSA) is 220 Å². The number of carbonyl (C=O) groups excluding carboxylic acids is 3. The number of nitrogens with zero attached hydrogens (tertiary/aromatic N) is 3. The zero-order valence-corrected chi connectivity index (χ0v) is 17.6. The number of allylic oxidation sites excluding steroid dienone is 1. The first-order valence-electron chi connectivity index (χ1n) is 8.64. The van der Waals surface area contributed by atoms with Gasteiger partial charge in [0.1, 0.15) is 23.7 Å². The summed E-state index contributed by atoms with van der Waals surface area (Å²) >= 11 is 2.26. The summed E-state index contributed by atoms with van der Waals surface area (Å²) in [6.07, 6.45) is 0.221. The van der Waals surface area contributed by atoms with Gasteiger partial charge < -0.3 is 36.6 Å². The number of rotatable bonds is 7. The summed E-state index contributed by atoms with van der Waals surface area (Å²) in [5, 5.41) is 24.5. The van der Waals surface area contributed by atoms with E-state index in [1.165, 1.54) is 29.3 Å². The molecule has 0 aromatic carbocycles. The highest BCUT2D eigenvalue weighted by atomic mass is 32.2. The Morgan fingerprint density at radius 2 is 2.19 bits per heavy atom. The quantitative estimate of drug-likeness (QED) is 0.113. The number of nitrogens with two attached hydrogens (primary N) is 2. The first kappa shape index (κ1) is 22.9. The van der Waals surface area contributed by atoms with Crippen molar-refractivity contribution in [2.75, 3.05) is 18.1 Å². The average molecular weight is 484 g/mol. The van der Waals surface area contributed by atoms with E-state index in [0.29, 0.717) is 5.57 Å². The van der Waals surface area contributed by atoms with Crippen molar-refractivity contribution < 1.29 is 39.0 Å². The number of fused-ring (bicyclic) bond motifs is 1. The Bertz CT molecular complexity index is 1050. The van der Waals surface area contributed by atoms with E-state index in [0.717, 1.165) is 16.2 Å². The number of hydrogen-bond acceptors (Lipinski definition) is 12. The minimum absolute atomic E-state index is 0.0350. The van der Waals surface area contributed by atoms with Crippen molar-refractivity contribution in [1.29, 1.82) is 0 Å². The number of carboxylic acid groups (broad SMARTS) is 1. The zero-order valence-electron chi connectivity index (χ0n) is 16.0. The fourth-order valence-electron chi connectivity index (χ4n) is 2.83. The summed E-state index contributed by atoms with van der Waals surface area (Å²) in [4.78, 5) is 51.9. The summed E-state index contributed by atoms with van der Waals surface area (Å²) in [6.45, 7) is -0.162.